The summed E-state index contributed by atoms with van der Waals surface area (Å²) in [4.78, 5) is 17.5. The summed E-state index contributed by atoms with van der Waals surface area (Å²) in [6, 6.07) is 6.38. The van der Waals surface area contributed by atoms with Crippen molar-refractivity contribution in [1.82, 2.24) is 4.98 Å². The van der Waals surface area contributed by atoms with Crippen LogP contribution in [0.5, 0.6) is 0 Å². The Hall–Kier alpha value is -2.05. The Balaban J connectivity index is 1.46. The van der Waals surface area contributed by atoms with E-state index >= 15 is 0 Å². The van der Waals surface area contributed by atoms with Crippen molar-refractivity contribution in [3.8, 4) is 0 Å². The van der Waals surface area contributed by atoms with Gasteiger partial charge in [0.25, 0.3) is 0 Å². The predicted molar refractivity (Wildman–Crippen MR) is 106 cm³/mol. The number of carbonyl (C=O) groups excluding carboxylic acids is 1. The highest BCUT2D eigenvalue weighted by Crippen LogP contribution is 2.41. The van der Waals surface area contributed by atoms with Gasteiger partial charge in [-0.2, -0.15) is 0 Å². The number of ether oxygens (including phenoxy) is 2. The van der Waals surface area contributed by atoms with E-state index in [9.17, 15) is 9.18 Å². The maximum absolute atomic E-state index is 13.1. The zero-order valence-electron chi connectivity index (χ0n) is 16.1. The molecule has 1 fully saturated rings. The van der Waals surface area contributed by atoms with E-state index < -0.39 is 0 Å². The lowest BCUT2D eigenvalue weighted by Crippen LogP contribution is -2.45. The molecule has 2 aromatic rings. The van der Waals surface area contributed by atoms with Gasteiger partial charge in [-0.1, -0.05) is 25.5 Å². The van der Waals surface area contributed by atoms with E-state index in [1.807, 2.05) is 12.3 Å². The van der Waals surface area contributed by atoms with Crippen molar-refractivity contribution in [2.45, 2.75) is 51.9 Å². The van der Waals surface area contributed by atoms with E-state index in [0.717, 1.165) is 29.1 Å². The molecule has 0 radical (unpaired) electrons. The highest BCUT2D eigenvalue weighted by molar-refractivity contribution is 7.11. The highest BCUT2D eigenvalue weighted by atomic mass is 32.1. The fraction of sp³-hybridized carbons (Fsp3) is 0.455. The molecule has 0 amide bonds. The zero-order chi connectivity index (χ0) is 19.7. The van der Waals surface area contributed by atoms with Gasteiger partial charge in [-0.3, -0.25) is 4.79 Å². The first kappa shape index (κ1) is 19.3. The Morgan fingerprint density at radius 2 is 2.07 bits per heavy atom. The van der Waals surface area contributed by atoms with Gasteiger partial charge in [-0.05, 0) is 37.0 Å². The van der Waals surface area contributed by atoms with Crippen LogP contribution in [0.4, 0.5) is 4.39 Å². The number of fused-ring (bicyclic) bond motifs is 1. The molecule has 1 aliphatic carbocycles. The molecule has 0 saturated heterocycles. The summed E-state index contributed by atoms with van der Waals surface area (Å²) in [6.45, 7) is 4.49. The first-order chi connectivity index (χ1) is 13.5. The predicted octanol–water partition coefficient (Wildman–Crippen LogP) is 4.92. The second-order valence-electron chi connectivity index (χ2n) is 7.59. The van der Waals surface area contributed by atoms with Gasteiger partial charge in [0.2, 0.25) is 0 Å². The number of allylic oxidation sites excluding steroid dienone is 1. The Bertz CT molecular complexity index is 876. The quantitative estimate of drug-likeness (QED) is 0.713. The number of aryl methyl sites for hydroxylation is 1. The number of hydrogen-bond acceptors (Lipinski definition) is 5. The number of ketones is 1. The minimum atomic E-state index is -0.247. The largest absolute Gasteiger partial charge is 0.496 e. The molecule has 4 unspecified atom stereocenters. The molecule has 0 spiro atoms. The summed E-state index contributed by atoms with van der Waals surface area (Å²) in [5.74, 6) is 0.0512. The normalized spacial score (nSPS) is 27.1. The first-order valence-electron chi connectivity index (χ1n) is 9.73. The average Bonchev–Trinajstić information content (AvgIpc) is 3.13. The lowest BCUT2D eigenvalue weighted by Gasteiger charge is -2.41. The number of aromatic nitrogens is 1. The third-order valence-corrected chi connectivity index (χ3v) is 6.70. The molecule has 1 aliphatic heterocycles. The van der Waals surface area contributed by atoms with Crippen LogP contribution in [0, 0.1) is 24.6 Å². The van der Waals surface area contributed by atoms with Crippen LogP contribution in [0.2, 0.25) is 0 Å². The van der Waals surface area contributed by atoms with Crippen LogP contribution < -0.4 is 0 Å². The maximum atomic E-state index is 13.1. The van der Waals surface area contributed by atoms with Crippen LogP contribution in [-0.4, -0.2) is 23.0 Å². The van der Waals surface area contributed by atoms with E-state index in [0.29, 0.717) is 24.5 Å². The summed E-state index contributed by atoms with van der Waals surface area (Å²) in [5, 5.41) is 2.69. The molecule has 28 heavy (non-hydrogen) atoms. The molecule has 0 bridgehead atoms. The number of benzene rings is 1. The lowest BCUT2D eigenvalue weighted by molar-refractivity contribution is -0.133. The van der Waals surface area contributed by atoms with E-state index in [1.165, 1.54) is 23.5 Å². The van der Waals surface area contributed by atoms with Crippen LogP contribution in [0.1, 0.15) is 42.5 Å². The molecule has 148 valence electrons. The molecular formula is C22H24FNO3S. The topological polar surface area (TPSA) is 48.4 Å². The van der Waals surface area contributed by atoms with Gasteiger partial charge in [0.15, 0.2) is 5.78 Å². The Labute approximate surface area is 168 Å². The Kier molecular flexibility index (Phi) is 5.60. The molecule has 2 heterocycles. The van der Waals surface area contributed by atoms with Crippen molar-refractivity contribution < 1.29 is 18.7 Å². The van der Waals surface area contributed by atoms with E-state index in [1.54, 1.807) is 18.4 Å². The van der Waals surface area contributed by atoms with E-state index in [2.05, 4.69) is 11.9 Å². The third kappa shape index (κ3) is 3.89. The Morgan fingerprint density at radius 3 is 2.75 bits per heavy atom. The standard InChI is InChI=1S/C22H24FNO3S/c1-3-15-8-17-20(9-19(15)26-10-14-4-6-16(23)7-5-14)27-11-18(21(17)25)22-24-13(2)12-28-22/h4-7,11-12,15,17,19-20H,3,8-10H2,1-2H3. The molecule has 2 aliphatic rings. The SMILES string of the molecule is CCC1CC2C(=O)C(c3nc(C)cs3)=COC2CC1OCc1ccc(F)cc1. The van der Waals surface area contributed by atoms with Gasteiger partial charge < -0.3 is 9.47 Å². The number of carbonyl (C=O) groups is 1. The molecule has 4 nitrogen and oxygen atoms in total. The molecule has 1 aromatic heterocycles. The Morgan fingerprint density at radius 1 is 1.29 bits per heavy atom. The molecular weight excluding hydrogens is 377 g/mol. The van der Waals surface area contributed by atoms with Crippen molar-refractivity contribution in [2.24, 2.45) is 11.8 Å². The number of halogens is 1. The van der Waals surface area contributed by atoms with Crippen molar-refractivity contribution in [2.75, 3.05) is 0 Å². The summed E-state index contributed by atoms with van der Waals surface area (Å²) < 4.78 is 25.2. The van der Waals surface area contributed by atoms with Gasteiger partial charge in [0.1, 0.15) is 16.9 Å². The number of thiazole rings is 1. The monoisotopic (exact) mass is 401 g/mol. The van der Waals surface area contributed by atoms with Crippen molar-refractivity contribution >= 4 is 22.7 Å². The van der Waals surface area contributed by atoms with Crippen molar-refractivity contribution in [1.29, 1.82) is 0 Å². The van der Waals surface area contributed by atoms with Crippen LogP contribution in [0.3, 0.4) is 0 Å². The summed E-state index contributed by atoms with van der Waals surface area (Å²) in [5.41, 5.74) is 2.46. The summed E-state index contributed by atoms with van der Waals surface area (Å²) in [6.07, 6.45) is 3.86. The molecule has 1 aromatic carbocycles. The van der Waals surface area contributed by atoms with E-state index in [4.69, 9.17) is 9.47 Å². The molecule has 4 atom stereocenters. The number of hydrogen-bond donors (Lipinski definition) is 0. The summed E-state index contributed by atoms with van der Waals surface area (Å²) >= 11 is 1.48. The van der Waals surface area contributed by atoms with Crippen molar-refractivity contribution in [3.63, 3.8) is 0 Å². The minimum absolute atomic E-state index is 0.0289. The van der Waals surface area contributed by atoms with Crippen molar-refractivity contribution in [3.05, 3.63) is 58.0 Å². The number of rotatable bonds is 5. The smallest absolute Gasteiger partial charge is 0.175 e. The number of nitrogens with zero attached hydrogens (tertiary/aromatic N) is 1. The maximum Gasteiger partial charge on any atom is 0.175 e. The molecule has 4 rings (SSSR count). The van der Waals surface area contributed by atoms with Crippen LogP contribution >= 0.6 is 11.3 Å². The first-order valence-corrected chi connectivity index (χ1v) is 10.6. The van der Waals surface area contributed by atoms with Gasteiger partial charge in [-0.15, -0.1) is 11.3 Å². The second kappa shape index (κ2) is 8.13. The van der Waals surface area contributed by atoms with Crippen LogP contribution in [0.15, 0.2) is 35.9 Å². The van der Waals surface area contributed by atoms with Crippen LogP contribution in [0.25, 0.3) is 5.57 Å². The van der Waals surface area contributed by atoms with Crippen LogP contribution in [-0.2, 0) is 20.9 Å². The molecule has 1 saturated carbocycles. The van der Waals surface area contributed by atoms with E-state index in [-0.39, 0.29) is 29.7 Å². The highest BCUT2D eigenvalue weighted by Gasteiger charge is 2.44. The third-order valence-electron chi connectivity index (χ3n) is 5.71. The number of Topliss-reactive ketones (excluding diaryl/α,β-unsaturated/α-hetero) is 1. The minimum Gasteiger partial charge on any atom is -0.496 e. The lowest BCUT2D eigenvalue weighted by atomic mass is 9.72. The summed E-state index contributed by atoms with van der Waals surface area (Å²) in [7, 11) is 0. The van der Waals surface area contributed by atoms with Gasteiger partial charge in [-0.25, -0.2) is 9.37 Å². The second-order valence-corrected chi connectivity index (χ2v) is 8.44. The zero-order valence-corrected chi connectivity index (χ0v) is 16.9. The fourth-order valence-corrected chi connectivity index (χ4v) is 4.91. The van der Waals surface area contributed by atoms with Gasteiger partial charge in [0.05, 0.1) is 30.5 Å². The fourth-order valence-electron chi connectivity index (χ4n) is 4.11. The average molecular weight is 402 g/mol. The molecule has 0 N–H and O–H groups in total. The van der Waals surface area contributed by atoms with Gasteiger partial charge in [0, 0.05) is 17.5 Å². The molecule has 6 heteroatoms. The van der Waals surface area contributed by atoms with Gasteiger partial charge >= 0.3 is 0 Å².